The van der Waals surface area contributed by atoms with Gasteiger partial charge in [-0.15, -0.1) is 0 Å². The van der Waals surface area contributed by atoms with Crippen molar-refractivity contribution >= 4 is 11.9 Å². The second-order valence-corrected chi connectivity index (χ2v) is 4.33. The van der Waals surface area contributed by atoms with Gasteiger partial charge in [-0.25, -0.2) is 4.79 Å². The van der Waals surface area contributed by atoms with Crippen LogP contribution in [-0.2, 0) is 0 Å². The third-order valence-electron chi connectivity index (χ3n) is 2.66. The predicted molar refractivity (Wildman–Crippen MR) is 65.7 cm³/mol. The molecule has 1 aromatic rings. The lowest BCUT2D eigenvalue weighted by Gasteiger charge is -2.17. The number of amides is 1. The summed E-state index contributed by atoms with van der Waals surface area (Å²) < 4.78 is 36.0. The lowest BCUT2D eigenvalue weighted by molar-refractivity contribution is -0.135. The highest BCUT2D eigenvalue weighted by Gasteiger charge is 2.26. The number of nitrogens with zero attached hydrogens (tertiary/aromatic N) is 1. The molecule has 1 N–H and O–H groups in total. The summed E-state index contributed by atoms with van der Waals surface area (Å²) >= 11 is 0. The molecule has 0 saturated heterocycles. The Bertz CT molecular complexity index is 500. The Morgan fingerprint density at radius 1 is 1.25 bits per heavy atom. The van der Waals surface area contributed by atoms with Crippen molar-refractivity contribution in [2.75, 3.05) is 13.6 Å². The van der Waals surface area contributed by atoms with Crippen LogP contribution in [0.5, 0.6) is 0 Å². The average Bonchev–Trinajstić information content (AvgIpc) is 2.36. The first kappa shape index (κ1) is 16.0. The molecule has 0 aliphatic rings. The van der Waals surface area contributed by atoms with Crippen LogP contribution in [0.25, 0.3) is 0 Å². The Morgan fingerprint density at radius 3 is 2.40 bits per heavy atom. The molecule has 4 nitrogen and oxygen atoms in total. The van der Waals surface area contributed by atoms with Gasteiger partial charge in [0, 0.05) is 25.6 Å². The van der Waals surface area contributed by atoms with E-state index in [-0.39, 0.29) is 24.1 Å². The first-order valence-electron chi connectivity index (χ1n) is 5.86. The molecule has 0 aliphatic heterocycles. The molecule has 1 rings (SSSR count). The average molecular weight is 289 g/mol. The van der Waals surface area contributed by atoms with E-state index < -0.39 is 24.5 Å². The Hall–Kier alpha value is -2.05. The Labute approximate surface area is 113 Å². The molecule has 0 saturated carbocycles. The molecule has 1 amide bonds. The van der Waals surface area contributed by atoms with E-state index in [1.165, 1.54) is 31.3 Å². The normalized spacial score (nSPS) is 11.2. The summed E-state index contributed by atoms with van der Waals surface area (Å²) in [6.45, 7) is -0.0460. The number of benzene rings is 1. The van der Waals surface area contributed by atoms with Crippen molar-refractivity contribution in [1.29, 1.82) is 0 Å². The number of carboxylic acids is 1. The minimum atomic E-state index is -4.24. The van der Waals surface area contributed by atoms with Gasteiger partial charge in [0.15, 0.2) is 0 Å². The number of carbonyl (C=O) groups excluding carboxylic acids is 1. The van der Waals surface area contributed by atoms with Crippen molar-refractivity contribution in [2.45, 2.75) is 19.0 Å². The van der Waals surface area contributed by atoms with E-state index in [4.69, 9.17) is 5.11 Å². The van der Waals surface area contributed by atoms with Gasteiger partial charge >= 0.3 is 12.1 Å². The molecule has 0 atom stereocenters. The molecule has 20 heavy (non-hydrogen) atoms. The van der Waals surface area contributed by atoms with E-state index in [9.17, 15) is 22.8 Å². The summed E-state index contributed by atoms with van der Waals surface area (Å²) in [5, 5.41) is 8.81. The number of carbonyl (C=O) groups is 2. The fourth-order valence-electron chi connectivity index (χ4n) is 1.62. The molecule has 0 heterocycles. The summed E-state index contributed by atoms with van der Waals surface area (Å²) in [4.78, 5) is 23.9. The van der Waals surface area contributed by atoms with E-state index in [0.717, 1.165) is 4.90 Å². The summed E-state index contributed by atoms with van der Waals surface area (Å²) in [5.74, 6) is -1.67. The van der Waals surface area contributed by atoms with Crippen molar-refractivity contribution < 1.29 is 27.9 Å². The number of hydrogen-bond acceptors (Lipinski definition) is 2. The van der Waals surface area contributed by atoms with Crippen LogP contribution in [0, 0.1) is 0 Å². The van der Waals surface area contributed by atoms with Crippen molar-refractivity contribution in [3.8, 4) is 0 Å². The maximum absolute atomic E-state index is 12.0. The van der Waals surface area contributed by atoms with Crippen LogP contribution in [-0.4, -0.2) is 41.7 Å². The van der Waals surface area contributed by atoms with Crippen molar-refractivity contribution in [1.82, 2.24) is 4.90 Å². The van der Waals surface area contributed by atoms with Gasteiger partial charge in [0.1, 0.15) is 0 Å². The van der Waals surface area contributed by atoms with Gasteiger partial charge in [-0.05, 0) is 24.6 Å². The molecule has 0 radical (unpaired) electrons. The Kier molecular flexibility index (Phi) is 5.12. The summed E-state index contributed by atoms with van der Waals surface area (Å²) in [6, 6.07) is 5.38. The molecule has 7 heteroatoms. The van der Waals surface area contributed by atoms with E-state index >= 15 is 0 Å². The number of alkyl halides is 3. The van der Waals surface area contributed by atoms with Crippen molar-refractivity contribution in [3.63, 3.8) is 0 Å². The lowest BCUT2D eigenvalue weighted by atomic mass is 10.1. The minimum absolute atomic E-state index is 0.0421. The highest BCUT2D eigenvalue weighted by molar-refractivity contribution is 5.97. The fraction of sp³-hybridized carbons (Fsp3) is 0.385. The largest absolute Gasteiger partial charge is 0.478 e. The van der Waals surface area contributed by atoms with Gasteiger partial charge in [-0.2, -0.15) is 13.2 Å². The van der Waals surface area contributed by atoms with Crippen LogP contribution >= 0.6 is 0 Å². The van der Waals surface area contributed by atoms with Crippen LogP contribution in [0.3, 0.4) is 0 Å². The van der Waals surface area contributed by atoms with Crippen LogP contribution in [0.2, 0.25) is 0 Å². The smallest absolute Gasteiger partial charge is 0.389 e. The number of carboxylic acid groups (broad SMARTS) is 1. The van der Waals surface area contributed by atoms with Crippen LogP contribution in [0.15, 0.2) is 24.3 Å². The van der Waals surface area contributed by atoms with Crippen molar-refractivity contribution in [3.05, 3.63) is 35.4 Å². The maximum Gasteiger partial charge on any atom is 0.389 e. The molecule has 0 bridgehead atoms. The number of hydrogen-bond donors (Lipinski definition) is 1. The number of aromatic carboxylic acids is 1. The third-order valence-corrected chi connectivity index (χ3v) is 2.66. The molecule has 0 aromatic heterocycles. The SMILES string of the molecule is CN(CCCC(F)(F)F)C(=O)c1cccc(C(=O)O)c1. The molecular formula is C13H14F3NO3. The maximum atomic E-state index is 12.0. The first-order valence-corrected chi connectivity index (χ1v) is 5.86. The van der Waals surface area contributed by atoms with E-state index in [2.05, 4.69) is 0 Å². The molecule has 110 valence electrons. The van der Waals surface area contributed by atoms with Gasteiger partial charge < -0.3 is 10.0 Å². The predicted octanol–water partition coefficient (Wildman–Crippen LogP) is 2.80. The molecular weight excluding hydrogens is 275 g/mol. The molecule has 1 aromatic carbocycles. The van der Waals surface area contributed by atoms with Crippen LogP contribution in [0.4, 0.5) is 13.2 Å². The third kappa shape index (κ3) is 4.91. The van der Waals surface area contributed by atoms with E-state index in [0.29, 0.717) is 0 Å². The summed E-state index contributed by atoms with van der Waals surface area (Å²) in [6.07, 6.45) is -5.39. The minimum Gasteiger partial charge on any atom is -0.478 e. The molecule has 0 fully saturated rings. The van der Waals surface area contributed by atoms with Crippen molar-refractivity contribution in [2.24, 2.45) is 0 Å². The Morgan fingerprint density at radius 2 is 1.85 bits per heavy atom. The zero-order valence-electron chi connectivity index (χ0n) is 10.8. The monoisotopic (exact) mass is 289 g/mol. The fourth-order valence-corrected chi connectivity index (χ4v) is 1.62. The Balaban J connectivity index is 2.65. The van der Waals surface area contributed by atoms with E-state index in [1.807, 2.05) is 0 Å². The van der Waals surface area contributed by atoms with E-state index in [1.54, 1.807) is 0 Å². The molecule has 0 spiro atoms. The topological polar surface area (TPSA) is 57.6 Å². The number of rotatable bonds is 5. The van der Waals surface area contributed by atoms with Gasteiger partial charge in [0.25, 0.3) is 5.91 Å². The van der Waals surface area contributed by atoms with Crippen LogP contribution < -0.4 is 0 Å². The lowest BCUT2D eigenvalue weighted by Crippen LogP contribution is -2.28. The van der Waals surface area contributed by atoms with Gasteiger partial charge in [0.05, 0.1) is 5.56 Å². The summed E-state index contributed by atoms with van der Waals surface area (Å²) in [7, 11) is 1.38. The first-order chi connectivity index (χ1) is 9.20. The quantitative estimate of drug-likeness (QED) is 0.906. The van der Waals surface area contributed by atoms with Gasteiger partial charge in [-0.1, -0.05) is 6.07 Å². The standard InChI is InChI=1S/C13H14F3NO3/c1-17(7-3-6-13(14,15)16)11(18)9-4-2-5-10(8-9)12(19)20/h2,4-5,8H,3,6-7H2,1H3,(H,19,20). The second kappa shape index (κ2) is 6.40. The molecule has 0 unspecified atom stereocenters. The second-order valence-electron chi connectivity index (χ2n) is 4.33. The molecule has 0 aliphatic carbocycles. The highest BCUT2D eigenvalue weighted by Crippen LogP contribution is 2.21. The summed E-state index contributed by atoms with van der Waals surface area (Å²) in [5.41, 5.74) is 0.0963. The zero-order chi connectivity index (χ0) is 15.3. The van der Waals surface area contributed by atoms with Gasteiger partial charge in [-0.3, -0.25) is 4.79 Å². The van der Waals surface area contributed by atoms with Gasteiger partial charge in [0.2, 0.25) is 0 Å². The zero-order valence-corrected chi connectivity index (χ0v) is 10.8. The highest BCUT2D eigenvalue weighted by atomic mass is 19.4. The number of halogens is 3. The van der Waals surface area contributed by atoms with Crippen LogP contribution in [0.1, 0.15) is 33.6 Å².